The predicted molar refractivity (Wildman–Crippen MR) is 61.2 cm³/mol. The first-order valence-corrected chi connectivity index (χ1v) is 4.85. The molecule has 15 heavy (non-hydrogen) atoms. The highest BCUT2D eigenvalue weighted by atomic mass is 35.5. The summed E-state index contributed by atoms with van der Waals surface area (Å²) in [7, 11) is 0. The molecular weight excluding hydrogens is 212 g/mol. The van der Waals surface area contributed by atoms with Crippen LogP contribution in [-0.2, 0) is 4.79 Å². The molecule has 2 aromatic rings. The molecule has 0 atom stereocenters. The summed E-state index contributed by atoms with van der Waals surface area (Å²) in [5.74, 6) is 0. The zero-order valence-electron chi connectivity index (χ0n) is 8.12. The third kappa shape index (κ3) is 1.78. The molecule has 0 aliphatic heterocycles. The molecule has 0 unspecified atom stereocenters. The first-order chi connectivity index (χ1) is 7.22. The van der Waals surface area contributed by atoms with Gasteiger partial charge in [0.1, 0.15) is 0 Å². The van der Waals surface area contributed by atoms with Crippen LogP contribution in [0.3, 0.4) is 0 Å². The Morgan fingerprint density at radius 2 is 2.27 bits per heavy atom. The highest BCUT2D eigenvalue weighted by molar-refractivity contribution is 6.35. The molecule has 0 fully saturated rings. The molecule has 4 heteroatoms. The summed E-state index contributed by atoms with van der Waals surface area (Å²) >= 11 is 6.03. The fourth-order valence-electron chi connectivity index (χ4n) is 1.48. The number of carbonyl (C=O) groups is 1. The Labute approximate surface area is 92.1 Å². The van der Waals surface area contributed by atoms with Crippen LogP contribution in [0.5, 0.6) is 0 Å². The summed E-state index contributed by atoms with van der Waals surface area (Å²) in [5, 5.41) is 4.10. The van der Waals surface area contributed by atoms with E-state index < -0.39 is 0 Å². The quantitative estimate of drug-likeness (QED) is 0.791. The van der Waals surface area contributed by atoms with Crippen molar-refractivity contribution in [3.63, 3.8) is 0 Å². The molecular formula is C11H9ClN2O. The monoisotopic (exact) mass is 220 g/mol. The SMILES string of the molecule is Cc1cc2nccc(Cl)c2cc1NC=O. The van der Waals surface area contributed by atoms with E-state index in [1.807, 2.05) is 19.1 Å². The number of anilines is 1. The van der Waals surface area contributed by atoms with Crippen molar-refractivity contribution in [2.24, 2.45) is 0 Å². The lowest BCUT2D eigenvalue weighted by Crippen LogP contribution is -1.96. The van der Waals surface area contributed by atoms with Gasteiger partial charge in [0.25, 0.3) is 0 Å². The second-order valence-corrected chi connectivity index (χ2v) is 3.65. The van der Waals surface area contributed by atoms with Gasteiger partial charge in [-0.2, -0.15) is 0 Å². The fourth-order valence-corrected chi connectivity index (χ4v) is 1.69. The zero-order valence-corrected chi connectivity index (χ0v) is 8.88. The molecule has 0 saturated carbocycles. The molecule has 0 saturated heterocycles. The fraction of sp³-hybridized carbons (Fsp3) is 0.0909. The van der Waals surface area contributed by atoms with Gasteiger partial charge in [0, 0.05) is 17.3 Å². The van der Waals surface area contributed by atoms with Crippen molar-refractivity contribution in [3.8, 4) is 0 Å². The number of nitrogens with one attached hydrogen (secondary N) is 1. The van der Waals surface area contributed by atoms with E-state index in [4.69, 9.17) is 11.6 Å². The van der Waals surface area contributed by atoms with Crippen molar-refractivity contribution in [1.82, 2.24) is 4.98 Å². The van der Waals surface area contributed by atoms with E-state index in [0.717, 1.165) is 22.2 Å². The molecule has 1 amide bonds. The van der Waals surface area contributed by atoms with E-state index in [2.05, 4.69) is 10.3 Å². The predicted octanol–water partition coefficient (Wildman–Crippen LogP) is 2.76. The summed E-state index contributed by atoms with van der Waals surface area (Å²) in [4.78, 5) is 14.6. The maximum Gasteiger partial charge on any atom is 0.211 e. The van der Waals surface area contributed by atoms with E-state index in [0.29, 0.717) is 11.4 Å². The molecule has 0 radical (unpaired) electrons. The minimum absolute atomic E-state index is 0.633. The molecule has 0 aliphatic carbocycles. The number of hydrogen-bond donors (Lipinski definition) is 1. The Kier molecular flexibility index (Phi) is 2.56. The maximum atomic E-state index is 10.4. The van der Waals surface area contributed by atoms with E-state index in [1.54, 1.807) is 12.3 Å². The number of pyridine rings is 1. The second-order valence-electron chi connectivity index (χ2n) is 3.24. The molecule has 1 aromatic heterocycles. The number of carbonyl (C=O) groups excluding carboxylic acids is 1. The van der Waals surface area contributed by atoms with Crippen molar-refractivity contribution >= 4 is 34.6 Å². The molecule has 0 aliphatic rings. The Hall–Kier alpha value is -1.61. The van der Waals surface area contributed by atoms with Gasteiger partial charge in [-0.05, 0) is 30.7 Å². The molecule has 0 spiro atoms. The molecule has 3 nitrogen and oxygen atoms in total. The largest absolute Gasteiger partial charge is 0.328 e. The number of rotatable bonds is 2. The molecule has 1 N–H and O–H groups in total. The van der Waals surface area contributed by atoms with Gasteiger partial charge in [-0.25, -0.2) is 0 Å². The van der Waals surface area contributed by atoms with Gasteiger partial charge in [0.2, 0.25) is 6.41 Å². The van der Waals surface area contributed by atoms with Crippen LogP contribution in [-0.4, -0.2) is 11.4 Å². The number of nitrogens with zero attached hydrogens (tertiary/aromatic N) is 1. The average Bonchev–Trinajstić information content (AvgIpc) is 2.21. The van der Waals surface area contributed by atoms with Gasteiger partial charge in [0.05, 0.1) is 10.5 Å². The maximum absolute atomic E-state index is 10.4. The average molecular weight is 221 g/mol. The van der Waals surface area contributed by atoms with Gasteiger partial charge in [0.15, 0.2) is 0 Å². The third-order valence-electron chi connectivity index (χ3n) is 2.25. The number of hydrogen-bond acceptors (Lipinski definition) is 2. The topological polar surface area (TPSA) is 42.0 Å². The van der Waals surface area contributed by atoms with Crippen molar-refractivity contribution in [3.05, 3.63) is 35.0 Å². The van der Waals surface area contributed by atoms with E-state index in [1.165, 1.54) is 0 Å². The summed E-state index contributed by atoms with van der Waals surface area (Å²) in [6.45, 7) is 1.91. The zero-order chi connectivity index (χ0) is 10.8. The lowest BCUT2D eigenvalue weighted by Gasteiger charge is -2.06. The normalized spacial score (nSPS) is 10.3. The van der Waals surface area contributed by atoms with Gasteiger partial charge in [-0.15, -0.1) is 0 Å². The number of halogens is 1. The molecule has 76 valence electrons. The van der Waals surface area contributed by atoms with Crippen LogP contribution >= 0.6 is 11.6 Å². The van der Waals surface area contributed by atoms with E-state index in [9.17, 15) is 4.79 Å². The standard InChI is InChI=1S/C11H9ClN2O/c1-7-4-11-8(5-10(7)14-6-15)9(12)2-3-13-11/h2-6H,1H3,(H,14,15). The number of fused-ring (bicyclic) bond motifs is 1. The van der Waals surface area contributed by atoms with Gasteiger partial charge in [-0.1, -0.05) is 11.6 Å². The van der Waals surface area contributed by atoms with Gasteiger partial charge < -0.3 is 5.32 Å². The number of aromatic nitrogens is 1. The van der Waals surface area contributed by atoms with Crippen LogP contribution in [0.15, 0.2) is 24.4 Å². The summed E-state index contributed by atoms with van der Waals surface area (Å²) in [6.07, 6.45) is 2.31. The summed E-state index contributed by atoms with van der Waals surface area (Å²) in [6, 6.07) is 5.45. The van der Waals surface area contributed by atoms with E-state index >= 15 is 0 Å². The van der Waals surface area contributed by atoms with Crippen LogP contribution < -0.4 is 5.32 Å². The first-order valence-electron chi connectivity index (χ1n) is 4.47. The van der Waals surface area contributed by atoms with Crippen LogP contribution in [0, 0.1) is 6.92 Å². The van der Waals surface area contributed by atoms with Crippen molar-refractivity contribution in [2.45, 2.75) is 6.92 Å². The number of aryl methyl sites for hydroxylation is 1. The summed E-state index contributed by atoms with van der Waals surface area (Å²) in [5.41, 5.74) is 2.55. The van der Waals surface area contributed by atoms with Crippen molar-refractivity contribution in [2.75, 3.05) is 5.32 Å². The Morgan fingerprint density at radius 1 is 1.47 bits per heavy atom. The first kappa shape index (κ1) is 9.93. The molecule has 1 aromatic carbocycles. The van der Waals surface area contributed by atoms with Gasteiger partial charge in [-0.3, -0.25) is 9.78 Å². The molecule has 2 rings (SSSR count). The second kappa shape index (κ2) is 3.87. The highest BCUT2D eigenvalue weighted by Gasteiger charge is 2.04. The Morgan fingerprint density at radius 3 is 3.00 bits per heavy atom. The molecule has 0 bridgehead atoms. The van der Waals surface area contributed by atoms with Crippen LogP contribution in [0.25, 0.3) is 10.9 Å². The van der Waals surface area contributed by atoms with Crippen LogP contribution in [0.1, 0.15) is 5.56 Å². The lowest BCUT2D eigenvalue weighted by molar-refractivity contribution is -0.105. The van der Waals surface area contributed by atoms with E-state index in [-0.39, 0.29) is 0 Å². The lowest BCUT2D eigenvalue weighted by atomic mass is 10.1. The Balaban J connectivity index is 2.71. The smallest absolute Gasteiger partial charge is 0.211 e. The van der Waals surface area contributed by atoms with Crippen molar-refractivity contribution < 1.29 is 4.79 Å². The van der Waals surface area contributed by atoms with Crippen molar-refractivity contribution in [1.29, 1.82) is 0 Å². The van der Waals surface area contributed by atoms with Crippen LogP contribution in [0.4, 0.5) is 5.69 Å². The summed E-state index contributed by atoms with van der Waals surface area (Å²) < 4.78 is 0. The number of amides is 1. The third-order valence-corrected chi connectivity index (χ3v) is 2.58. The minimum atomic E-state index is 0.633. The minimum Gasteiger partial charge on any atom is -0.328 e. The number of benzene rings is 1. The highest BCUT2D eigenvalue weighted by Crippen LogP contribution is 2.27. The molecule has 1 heterocycles. The van der Waals surface area contributed by atoms with Gasteiger partial charge >= 0.3 is 0 Å². The van der Waals surface area contributed by atoms with Crippen LogP contribution in [0.2, 0.25) is 5.02 Å². The Bertz CT molecular complexity index is 525.